The van der Waals surface area contributed by atoms with E-state index in [1.807, 2.05) is 53.4 Å². The monoisotopic (exact) mass is 507 g/mol. The van der Waals surface area contributed by atoms with Gasteiger partial charge in [-0.15, -0.1) is 0 Å². The third-order valence-electron chi connectivity index (χ3n) is 6.36. The van der Waals surface area contributed by atoms with Crippen LogP contribution in [0.2, 0.25) is 0 Å². The van der Waals surface area contributed by atoms with Crippen LogP contribution in [-0.2, 0) is 0 Å². The maximum atomic E-state index is 13.3. The molecule has 0 spiro atoms. The second kappa shape index (κ2) is 9.67. The first-order valence-electron chi connectivity index (χ1n) is 12.3. The molecule has 0 atom stereocenters. The van der Waals surface area contributed by atoms with Crippen LogP contribution in [0.25, 0.3) is 27.6 Å². The maximum absolute atomic E-state index is 13.3. The Morgan fingerprint density at radius 1 is 1.05 bits per heavy atom. The van der Waals surface area contributed by atoms with Gasteiger partial charge >= 0.3 is 0 Å². The van der Waals surface area contributed by atoms with Crippen LogP contribution in [0.1, 0.15) is 60.1 Å². The molecule has 37 heavy (non-hydrogen) atoms. The van der Waals surface area contributed by atoms with Gasteiger partial charge in [0.05, 0.1) is 39.5 Å². The molecule has 5 aromatic rings. The molecule has 0 bridgehead atoms. The van der Waals surface area contributed by atoms with Gasteiger partial charge in [0.15, 0.2) is 0 Å². The van der Waals surface area contributed by atoms with Gasteiger partial charge in [-0.2, -0.15) is 0 Å². The standard InChI is InChI=1S/C28H25N7OS/c1-17(2)20-14-32-37-27(20)22-7-5-8-25(33-22)34-28(36)19-12-24(35-15-23(31-16-35)18-9-10-18)26(30-13-19)21-6-3-4-11-29-21/h3-8,11-18H,9-10H2,1-2H3,(H,33,34,36). The van der Waals surface area contributed by atoms with E-state index >= 15 is 0 Å². The second-order valence-electron chi connectivity index (χ2n) is 9.41. The zero-order chi connectivity index (χ0) is 25.4. The van der Waals surface area contributed by atoms with Gasteiger partial charge < -0.3 is 9.88 Å². The summed E-state index contributed by atoms with van der Waals surface area (Å²) in [5.41, 5.74) is 5.58. The molecule has 8 nitrogen and oxygen atoms in total. The minimum absolute atomic E-state index is 0.290. The average Bonchev–Trinajstić information content (AvgIpc) is 3.44. The van der Waals surface area contributed by atoms with Gasteiger partial charge in [0.25, 0.3) is 5.91 Å². The highest BCUT2D eigenvalue weighted by Gasteiger charge is 2.26. The van der Waals surface area contributed by atoms with Crippen LogP contribution < -0.4 is 5.32 Å². The molecule has 0 aromatic carbocycles. The molecule has 1 aliphatic carbocycles. The van der Waals surface area contributed by atoms with Crippen LogP contribution in [-0.4, -0.2) is 34.8 Å². The molecule has 1 saturated carbocycles. The highest BCUT2D eigenvalue weighted by Crippen LogP contribution is 2.39. The molecule has 1 N–H and O–H groups in total. The minimum atomic E-state index is -0.290. The Bertz CT molecular complexity index is 1570. The summed E-state index contributed by atoms with van der Waals surface area (Å²) in [4.78, 5) is 32.7. The normalized spacial score (nSPS) is 13.2. The third kappa shape index (κ3) is 4.77. The van der Waals surface area contributed by atoms with E-state index in [2.05, 4.69) is 38.5 Å². The third-order valence-corrected chi connectivity index (χ3v) is 7.20. The molecule has 1 amide bonds. The predicted octanol–water partition coefficient (Wildman–Crippen LogP) is 6.10. The number of nitrogens with one attached hydrogen (secondary N) is 1. The SMILES string of the molecule is CC(C)c1cnsc1-c1cccc(NC(=O)c2cnc(-c3ccccn3)c(-n3cnc(C4CC4)c3)c2)n1. The van der Waals surface area contributed by atoms with Crippen molar-refractivity contribution >= 4 is 23.3 Å². The lowest BCUT2D eigenvalue weighted by Crippen LogP contribution is -2.14. The molecule has 1 aliphatic rings. The number of carbonyl (C=O) groups excluding carboxylic acids is 1. The lowest BCUT2D eigenvalue weighted by molar-refractivity contribution is 0.102. The number of hydrogen-bond donors (Lipinski definition) is 1. The fourth-order valence-electron chi connectivity index (χ4n) is 4.21. The lowest BCUT2D eigenvalue weighted by atomic mass is 10.0. The molecule has 184 valence electrons. The van der Waals surface area contributed by atoms with E-state index < -0.39 is 0 Å². The Labute approximate surface area is 218 Å². The summed E-state index contributed by atoms with van der Waals surface area (Å²) in [6.45, 7) is 4.26. The largest absolute Gasteiger partial charge is 0.306 e. The van der Waals surface area contributed by atoms with Gasteiger partial charge in [-0.3, -0.25) is 14.8 Å². The molecule has 9 heteroatoms. The van der Waals surface area contributed by atoms with Crippen molar-refractivity contribution in [3.63, 3.8) is 0 Å². The smallest absolute Gasteiger partial charge is 0.258 e. The summed E-state index contributed by atoms with van der Waals surface area (Å²) in [5.74, 6) is 1.04. The number of pyridine rings is 3. The Balaban J connectivity index is 1.32. The van der Waals surface area contributed by atoms with Crippen LogP contribution in [0.3, 0.4) is 0 Å². The van der Waals surface area contributed by atoms with E-state index in [4.69, 9.17) is 4.98 Å². The van der Waals surface area contributed by atoms with E-state index in [1.54, 1.807) is 24.8 Å². The number of nitrogens with zero attached hydrogens (tertiary/aromatic N) is 6. The fraction of sp³-hybridized carbons (Fsp3) is 0.214. The molecule has 1 fully saturated rings. The second-order valence-corrected chi connectivity index (χ2v) is 10.2. The van der Waals surface area contributed by atoms with Gasteiger partial charge in [-0.1, -0.05) is 26.0 Å². The van der Waals surface area contributed by atoms with Gasteiger partial charge in [0.2, 0.25) is 0 Å². The molecule has 0 radical (unpaired) electrons. The predicted molar refractivity (Wildman–Crippen MR) is 144 cm³/mol. The van der Waals surface area contributed by atoms with Crippen molar-refractivity contribution < 1.29 is 4.79 Å². The first kappa shape index (κ1) is 23.2. The molecule has 0 unspecified atom stereocenters. The molecular formula is C28H25N7OS. The van der Waals surface area contributed by atoms with Crippen LogP contribution in [0.15, 0.2) is 73.6 Å². The van der Waals surface area contributed by atoms with Crippen molar-refractivity contribution in [2.45, 2.75) is 38.5 Å². The van der Waals surface area contributed by atoms with Crippen LogP contribution in [0.4, 0.5) is 5.82 Å². The minimum Gasteiger partial charge on any atom is -0.306 e. The van der Waals surface area contributed by atoms with E-state index in [0.717, 1.165) is 46.1 Å². The highest BCUT2D eigenvalue weighted by molar-refractivity contribution is 7.09. The van der Waals surface area contributed by atoms with Gasteiger partial charge in [-0.05, 0) is 66.2 Å². The van der Waals surface area contributed by atoms with Crippen molar-refractivity contribution in [1.29, 1.82) is 0 Å². The fourth-order valence-corrected chi connectivity index (χ4v) is 5.08. The van der Waals surface area contributed by atoms with Gasteiger partial charge in [-0.25, -0.2) is 14.3 Å². The lowest BCUT2D eigenvalue weighted by Gasteiger charge is -2.12. The summed E-state index contributed by atoms with van der Waals surface area (Å²) < 4.78 is 6.27. The number of rotatable bonds is 7. The van der Waals surface area contributed by atoms with Crippen LogP contribution in [0.5, 0.6) is 0 Å². The first-order valence-corrected chi connectivity index (χ1v) is 13.0. The highest BCUT2D eigenvalue weighted by atomic mass is 32.1. The van der Waals surface area contributed by atoms with Gasteiger partial charge in [0, 0.05) is 30.7 Å². The number of hydrogen-bond acceptors (Lipinski definition) is 7. The Hall–Kier alpha value is -4.24. The van der Waals surface area contributed by atoms with E-state index in [-0.39, 0.29) is 5.91 Å². The van der Waals surface area contributed by atoms with Crippen molar-refractivity contribution in [2.75, 3.05) is 5.32 Å². The number of amides is 1. The first-order chi connectivity index (χ1) is 18.1. The van der Waals surface area contributed by atoms with Crippen LogP contribution >= 0.6 is 11.5 Å². The van der Waals surface area contributed by atoms with E-state index in [1.165, 1.54) is 11.5 Å². The zero-order valence-electron chi connectivity index (χ0n) is 20.5. The quantitative estimate of drug-likeness (QED) is 0.286. The number of aromatic nitrogens is 6. The maximum Gasteiger partial charge on any atom is 0.258 e. The Morgan fingerprint density at radius 3 is 2.70 bits per heavy atom. The molecular weight excluding hydrogens is 482 g/mol. The molecule has 5 aromatic heterocycles. The molecule has 5 heterocycles. The number of carbonyl (C=O) groups is 1. The van der Waals surface area contributed by atoms with Crippen molar-refractivity contribution in [3.05, 3.63) is 90.4 Å². The summed E-state index contributed by atoms with van der Waals surface area (Å²) in [7, 11) is 0. The van der Waals surface area contributed by atoms with Crippen molar-refractivity contribution in [2.24, 2.45) is 0 Å². The molecule has 0 aliphatic heterocycles. The average molecular weight is 508 g/mol. The number of imidazole rings is 1. The van der Waals surface area contributed by atoms with Crippen LogP contribution in [0, 0.1) is 0 Å². The zero-order valence-corrected chi connectivity index (χ0v) is 21.3. The van der Waals surface area contributed by atoms with Crippen molar-refractivity contribution in [3.8, 4) is 27.6 Å². The van der Waals surface area contributed by atoms with E-state index in [0.29, 0.717) is 28.9 Å². The molecule has 0 saturated heterocycles. The molecule has 6 rings (SSSR count). The Kier molecular flexibility index (Phi) is 6.05. The summed E-state index contributed by atoms with van der Waals surface area (Å²) in [6.07, 6.45) is 11.3. The summed E-state index contributed by atoms with van der Waals surface area (Å²) >= 11 is 1.41. The van der Waals surface area contributed by atoms with Gasteiger partial charge in [0.1, 0.15) is 11.5 Å². The topological polar surface area (TPSA) is 98.5 Å². The summed E-state index contributed by atoms with van der Waals surface area (Å²) in [6, 6.07) is 13.1. The Morgan fingerprint density at radius 2 is 1.92 bits per heavy atom. The number of anilines is 1. The summed E-state index contributed by atoms with van der Waals surface area (Å²) in [5, 5.41) is 2.93. The van der Waals surface area contributed by atoms with E-state index in [9.17, 15) is 4.79 Å². The van der Waals surface area contributed by atoms with Crippen molar-refractivity contribution in [1.82, 2.24) is 28.9 Å².